The molecule has 0 bridgehead atoms. The molecule has 1 unspecified atom stereocenters. The van der Waals surface area contributed by atoms with Gasteiger partial charge in [-0.25, -0.2) is 4.79 Å². The van der Waals surface area contributed by atoms with Gasteiger partial charge in [0.2, 0.25) is 0 Å². The number of rotatable bonds is 2. The molecular formula is C11H16N2O. The predicted molar refractivity (Wildman–Crippen MR) is 57.2 cm³/mol. The summed E-state index contributed by atoms with van der Waals surface area (Å²) in [5, 5.41) is 5.37. The van der Waals surface area contributed by atoms with Crippen molar-refractivity contribution >= 4 is 6.03 Å². The topological polar surface area (TPSA) is 41.1 Å². The van der Waals surface area contributed by atoms with Gasteiger partial charge in [0.15, 0.2) is 0 Å². The summed E-state index contributed by atoms with van der Waals surface area (Å²) >= 11 is 0. The van der Waals surface area contributed by atoms with Crippen molar-refractivity contribution in [3.63, 3.8) is 0 Å². The second-order valence-corrected chi connectivity index (χ2v) is 3.30. The maximum absolute atomic E-state index is 11.1. The molecule has 76 valence electrons. The van der Waals surface area contributed by atoms with Gasteiger partial charge in [0.1, 0.15) is 0 Å². The maximum atomic E-state index is 11.1. The van der Waals surface area contributed by atoms with Crippen LogP contribution in [0, 0.1) is 6.92 Å². The highest BCUT2D eigenvalue weighted by Gasteiger charge is 2.09. The lowest BCUT2D eigenvalue weighted by Gasteiger charge is -2.15. The van der Waals surface area contributed by atoms with Gasteiger partial charge in [0, 0.05) is 7.05 Å². The van der Waals surface area contributed by atoms with Crippen LogP contribution >= 0.6 is 0 Å². The quantitative estimate of drug-likeness (QED) is 0.739. The SMILES string of the molecule is CNC(=O)NC(C)c1ccccc1C. The summed E-state index contributed by atoms with van der Waals surface area (Å²) in [6.07, 6.45) is 0. The first kappa shape index (κ1) is 10.6. The van der Waals surface area contributed by atoms with E-state index in [1.165, 1.54) is 5.56 Å². The van der Waals surface area contributed by atoms with E-state index in [4.69, 9.17) is 0 Å². The van der Waals surface area contributed by atoms with Crippen molar-refractivity contribution in [1.29, 1.82) is 0 Å². The first-order chi connectivity index (χ1) is 6.65. The molecule has 0 heterocycles. The van der Waals surface area contributed by atoms with E-state index in [1.54, 1.807) is 7.05 Å². The van der Waals surface area contributed by atoms with E-state index in [9.17, 15) is 4.79 Å². The summed E-state index contributed by atoms with van der Waals surface area (Å²) in [4.78, 5) is 11.1. The van der Waals surface area contributed by atoms with Crippen molar-refractivity contribution in [2.45, 2.75) is 19.9 Å². The molecule has 0 fully saturated rings. The Balaban J connectivity index is 2.74. The number of hydrogen-bond acceptors (Lipinski definition) is 1. The number of carbonyl (C=O) groups is 1. The molecule has 1 rings (SSSR count). The smallest absolute Gasteiger partial charge is 0.315 e. The zero-order valence-corrected chi connectivity index (χ0v) is 8.79. The molecule has 0 aliphatic heterocycles. The summed E-state index contributed by atoms with van der Waals surface area (Å²) in [5.74, 6) is 0. The van der Waals surface area contributed by atoms with Gasteiger partial charge in [0.05, 0.1) is 6.04 Å². The molecule has 3 heteroatoms. The maximum Gasteiger partial charge on any atom is 0.315 e. The third kappa shape index (κ3) is 2.49. The van der Waals surface area contributed by atoms with E-state index in [0.717, 1.165) is 5.56 Å². The van der Waals surface area contributed by atoms with Crippen molar-refractivity contribution in [3.05, 3.63) is 35.4 Å². The van der Waals surface area contributed by atoms with Gasteiger partial charge in [-0.2, -0.15) is 0 Å². The highest BCUT2D eigenvalue weighted by atomic mass is 16.2. The Kier molecular flexibility index (Phi) is 3.51. The Labute approximate surface area is 84.5 Å². The van der Waals surface area contributed by atoms with E-state index in [2.05, 4.69) is 10.6 Å². The van der Waals surface area contributed by atoms with Gasteiger partial charge >= 0.3 is 6.03 Å². The number of carbonyl (C=O) groups excluding carboxylic acids is 1. The second-order valence-electron chi connectivity index (χ2n) is 3.30. The van der Waals surface area contributed by atoms with Crippen molar-refractivity contribution in [3.8, 4) is 0 Å². The summed E-state index contributed by atoms with van der Waals surface area (Å²) in [6.45, 7) is 4.01. The highest BCUT2D eigenvalue weighted by molar-refractivity contribution is 5.74. The van der Waals surface area contributed by atoms with Gasteiger partial charge in [-0.15, -0.1) is 0 Å². The number of hydrogen-bond donors (Lipinski definition) is 2. The Morgan fingerprint density at radius 1 is 1.36 bits per heavy atom. The van der Waals surface area contributed by atoms with Crippen LogP contribution in [0.4, 0.5) is 4.79 Å². The number of nitrogens with one attached hydrogen (secondary N) is 2. The average Bonchev–Trinajstić information content (AvgIpc) is 2.18. The minimum atomic E-state index is -0.152. The second kappa shape index (κ2) is 4.65. The zero-order chi connectivity index (χ0) is 10.6. The van der Waals surface area contributed by atoms with Gasteiger partial charge in [0.25, 0.3) is 0 Å². The van der Waals surface area contributed by atoms with Crippen LogP contribution in [-0.4, -0.2) is 13.1 Å². The molecule has 1 aromatic rings. The normalized spacial score (nSPS) is 11.9. The number of benzene rings is 1. The van der Waals surface area contributed by atoms with Crippen LogP contribution in [0.3, 0.4) is 0 Å². The molecule has 0 aliphatic carbocycles. The van der Waals surface area contributed by atoms with Crippen molar-refractivity contribution in [1.82, 2.24) is 10.6 Å². The number of aryl methyl sites for hydroxylation is 1. The lowest BCUT2D eigenvalue weighted by atomic mass is 10.0. The molecule has 1 atom stereocenters. The van der Waals surface area contributed by atoms with E-state index in [-0.39, 0.29) is 12.1 Å². The largest absolute Gasteiger partial charge is 0.341 e. The van der Waals surface area contributed by atoms with Gasteiger partial charge in [-0.05, 0) is 25.0 Å². The van der Waals surface area contributed by atoms with E-state index in [1.807, 2.05) is 38.1 Å². The Hall–Kier alpha value is -1.51. The molecule has 2 N–H and O–H groups in total. The third-order valence-corrected chi connectivity index (χ3v) is 2.23. The average molecular weight is 192 g/mol. The summed E-state index contributed by atoms with van der Waals surface area (Å²) in [7, 11) is 1.61. The molecule has 1 aromatic carbocycles. The van der Waals surface area contributed by atoms with Crippen LogP contribution in [0.5, 0.6) is 0 Å². The van der Waals surface area contributed by atoms with Gasteiger partial charge in [-0.1, -0.05) is 24.3 Å². The fraction of sp³-hybridized carbons (Fsp3) is 0.364. The van der Waals surface area contributed by atoms with Crippen LogP contribution in [-0.2, 0) is 0 Å². The predicted octanol–water partition coefficient (Wildman–Crippen LogP) is 1.99. The molecule has 14 heavy (non-hydrogen) atoms. The minimum Gasteiger partial charge on any atom is -0.341 e. The minimum absolute atomic E-state index is 0.0381. The van der Waals surface area contributed by atoms with Crippen molar-refractivity contribution in [2.75, 3.05) is 7.05 Å². The zero-order valence-electron chi connectivity index (χ0n) is 8.79. The molecule has 2 amide bonds. The van der Waals surface area contributed by atoms with Gasteiger partial charge < -0.3 is 10.6 Å². The molecule has 0 aromatic heterocycles. The lowest BCUT2D eigenvalue weighted by molar-refractivity contribution is 0.240. The first-order valence-corrected chi connectivity index (χ1v) is 4.69. The van der Waals surface area contributed by atoms with Crippen molar-refractivity contribution < 1.29 is 4.79 Å². The first-order valence-electron chi connectivity index (χ1n) is 4.69. The fourth-order valence-electron chi connectivity index (χ4n) is 1.42. The fourth-order valence-corrected chi connectivity index (χ4v) is 1.42. The summed E-state index contributed by atoms with van der Waals surface area (Å²) in [5.41, 5.74) is 2.34. The highest BCUT2D eigenvalue weighted by Crippen LogP contribution is 2.16. The van der Waals surface area contributed by atoms with Crippen LogP contribution < -0.4 is 10.6 Å². The lowest BCUT2D eigenvalue weighted by Crippen LogP contribution is -2.34. The van der Waals surface area contributed by atoms with Gasteiger partial charge in [-0.3, -0.25) is 0 Å². The van der Waals surface area contributed by atoms with E-state index < -0.39 is 0 Å². The number of urea groups is 1. The Morgan fingerprint density at radius 2 is 2.00 bits per heavy atom. The third-order valence-electron chi connectivity index (χ3n) is 2.23. The molecule has 3 nitrogen and oxygen atoms in total. The van der Waals surface area contributed by atoms with Crippen LogP contribution in [0.1, 0.15) is 24.1 Å². The molecule has 0 spiro atoms. The van der Waals surface area contributed by atoms with Crippen LogP contribution in [0.15, 0.2) is 24.3 Å². The van der Waals surface area contributed by atoms with Crippen LogP contribution in [0.25, 0.3) is 0 Å². The van der Waals surface area contributed by atoms with E-state index >= 15 is 0 Å². The summed E-state index contributed by atoms with van der Waals surface area (Å²) in [6, 6.07) is 7.92. The Morgan fingerprint density at radius 3 is 2.57 bits per heavy atom. The van der Waals surface area contributed by atoms with Crippen molar-refractivity contribution in [2.24, 2.45) is 0 Å². The monoisotopic (exact) mass is 192 g/mol. The van der Waals surface area contributed by atoms with Crippen LogP contribution in [0.2, 0.25) is 0 Å². The molecule has 0 saturated heterocycles. The molecule has 0 radical (unpaired) electrons. The summed E-state index contributed by atoms with van der Waals surface area (Å²) < 4.78 is 0. The number of amides is 2. The van der Waals surface area contributed by atoms with E-state index in [0.29, 0.717) is 0 Å². The molecule has 0 aliphatic rings. The molecule has 0 saturated carbocycles. The Bertz CT molecular complexity index is 323. The molecular weight excluding hydrogens is 176 g/mol. The standard InChI is InChI=1S/C11H16N2O/c1-8-6-4-5-7-10(8)9(2)13-11(14)12-3/h4-7,9H,1-3H3,(H2,12,13,14).